The average Bonchev–Trinajstić information content (AvgIpc) is 3.02. The fourth-order valence-electron chi connectivity index (χ4n) is 2.97. The number of nitrogens with one attached hydrogen (secondary N) is 1. The molecule has 0 aliphatic heterocycles. The first-order valence-corrected chi connectivity index (χ1v) is 11.0. The van der Waals surface area contributed by atoms with E-state index < -0.39 is 10.0 Å². The van der Waals surface area contributed by atoms with Crippen LogP contribution in [-0.2, 0) is 27.7 Å². The maximum atomic E-state index is 12.5. The van der Waals surface area contributed by atoms with Crippen molar-refractivity contribution in [3.05, 3.63) is 45.2 Å². The minimum Gasteiger partial charge on any atom is -0.325 e. The summed E-state index contributed by atoms with van der Waals surface area (Å²) in [4.78, 5) is 12.4. The summed E-state index contributed by atoms with van der Waals surface area (Å²) < 4.78 is 27.0. The number of carbonyl (C=O) groups is 1. The number of carbonyl (C=O) groups excluding carboxylic acids is 1. The molecule has 0 saturated heterocycles. The van der Waals surface area contributed by atoms with Crippen molar-refractivity contribution in [2.45, 2.75) is 29.9 Å². The van der Waals surface area contributed by atoms with Gasteiger partial charge in [0.05, 0.1) is 10.3 Å². The largest absolute Gasteiger partial charge is 0.325 e. The average molecular weight is 443 g/mol. The van der Waals surface area contributed by atoms with Gasteiger partial charge >= 0.3 is 0 Å². The Hall–Kier alpha value is -1.22. The number of sulfonamides is 1. The van der Waals surface area contributed by atoms with Crippen molar-refractivity contribution in [2.75, 3.05) is 18.9 Å². The van der Waals surface area contributed by atoms with Crippen LogP contribution in [0.1, 0.15) is 24.0 Å². The van der Waals surface area contributed by atoms with Gasteiger partial charge in [0, 0.05) is 12.7 Å². The van der Waals surface area contributed by atoms with Crippen LogP contribution in [0.3, 0.4) is 0 Å². The summed E-state index contributed by atoms with van der Waals surface area (Å²) in [6.45, 7) is -0.221. The smallest absolute Gasteiger partial charge is 0.252 e. The zero-order valence-corrected chi connectivity index (χ0v) is 17.0. The molecule has 1 heterocycles. The zero-order valence-electron chi connectivity index (χ0n) is 13.8. The van der Waals surface area contributed by atoms with E-state index in [1.165, 1.54) is 30.7 Å². The standard InChI is InChI=1S/C17H19BrN2O3S2/c1-20(25(22,23)17-10-9-15(18)24-17)11-16(21)19-14-8-4-6-12-5-2-3-7-13(12)14/h4,6,8-10H,2-3,5,7,11H2,1H3,(H,19,21). The van der Waals surface area contributed by atoms with Gasteiger partial charge in [0.1, 0.15) is 4.21 Å². The predicted octanol–water partition coefficient (Wildman–Crippen LogP) is 3.65. The molecular weight excluding hydrogens is 424 g/mol. The number of hydrogen-bond donors (Lipinski definition) is 1. The van der Waals surface area contributed by atoms with Crippen LogP contribution < -0.4 is 5.32 Å². The first kappa shape index (κ1) is 18.6. The second kappa shape index (κ2) is 7.57. The van der Waals surface area contributed by atoms with Crippen LogP contribution >= 0.6 is 27.3 Å². The number of hydrogen-bond acceptors (Lipinski definition) is 4. The van der Waals surface area contributed by atoms with E-state index in [1.807, 2.05) is 12.1 Å². The number of anilines is 1. The van der Waals surface area contributed by atoms with Gasteiger partial charge in [0.2, 0.25) is 5.91 Å². The highest BCUT2D eigenvalue weighted by molar-refractivity contribution is 9.11. The molecule has 5 nitrogen and oxygen atoms in total. The summed E-state index contributed by atoms with van der Waals surface area (Å²) in [5, 5.41) is 2.88. The molecule has 0 fully saturated rings. The van der Waals surface area contributed by atoms with Crippen molar-refractivity contribution in [3.8, 4) is 0 Å². The molecule has 3 rings (SSSR count). The van der Waals surface area contributed by atoms with Gasteiger partial charge in [-0.1, -0.05) is 12.1 Å². The molecule has 0 radical (unpaired) electrons. The van der Waals surface area contributed by atoms with Crippen LogP contribution in [0, 0.1) is 0 Å². The molecule has 1 aliphatic carbocycles. The van der Waals surface area contributed by atoms with Crippen molar-refractivity contribution in [1.82, 2.24) is 4.31 Å². The Balaban J connectivity index is 1.71. The van der Waals surface area contributed by atoms with Gasteiger partial charge in [0.15, 0.2) is 0 Å². The van der Waals surface area contributed by atoms with Gasteiger partial charge < -0.3 is 5.32 Å². The lowest BCUT2D eigenvalue weighted by atomic mass is 9.90. The van der Waals surface area contributed by atoms with E-state index in [1.54, 1.807) is 6.07 Å². The highest BCUT2D eigenvalue weighted by Gasteiger charge is 2.25. The lowest BCUT2D eigenvalue weighted by Gasteiger charge is -2.21. The lowest BCUT2D eigenvalue weighted by molar-refractivity contribution is -0.116. The number of nitrogens with zero attached hydrogens (tertiary/aromatic N) is 1. The van der Waals surface area contributed by atoms with E-state index in [-0.39, 0.29) is 16.7 Å². The molecule has 25 heavy (non-hydrogen) atoms. The first-order valence-electron chi connectivity index (χ1n) is 8.00. The quantitative estimate of drug-likeness (QED) is 0.767. The molecular formula is C17H19BrN2O3S2. The molecule has 0 atom stereocenters. The fraction of sp³-hybridized carbons (Fsp3) is 0.353. The van der Waals surface area contributed by atoms with Crippen molar-refractivity contribution in [1.29, 1.82) is 0 Å². The summed E-state index contributed by atoms with van der Waals surface area (Å²) in [7, 11) is -2.24. The van der Waals surface area contributed by atoms with Crippen LogP contribution in [0.5, 0.6) is 0 Å². The van der Waals surface area contributed by atoms with Crippen LogP contribution in [0.15, 0.2) is 38.3 Å². The molecule has 1 aromatic heterocycles. The van der Waals surface area contributed by atoms with Crippen molar-refractivity contribution < 1.29 is 13.2 Å². The Kier molecular flexibility index (Phi) is 5.62. The van der Waals surface area contributed by atoms with E-state index in [2.05, 4.69) is 27.3 Å². The molecule has 8 heteroatoms. The molecule has 134 valence electrons. The Labute approximate surface area is 160 Å². The number of amides is 1. The summed E-state index contributed by atoms with van der Waals surface area (Å²) in [5.41, 5.74) is 3.25. The van der Waals surface area contributed by atoms with Gasteiger partial charge in [-0.15, -0.1) is 11.3 Å². The molecule has 0 bridgehead atoms. The second-order valence-corrected chi connectivity index (χ2v) is 10.8. The predicted molar refractivity (Wildman–Crippen MR) is 104 cm³/mol. The molecule has 2 aromatic rings. The summed E-state index contributed by atoms with van der Waals surface area (Å²) in [5.74, 6) is -0.333. The van der Waals surface area contributed by atoms with Crippen LogP contribution in [0.25, 0.3) is 0 Å². The molecule has 1 aromatic carbocycles. The van der Waals surface area contributed by atoms with Crippen LogP contribution in [-0.4, -0.2) is 32.2 Å². The van der Waals surface area contributed by atoms with Crippen LogP contribution in [0.4, 0.5) is 5.69 Å². The number of halogens is 1. The van der Waals surface area contributed by atoms with Crippen LogP contribution in [0.2, 0.25) is 0 Å². The molecule has 1 amide bonds. The van der Waals surface area contributed by atoms with Gasteiger partial charge in [0.25, 0.3) is 10.0 Å². The van der Waals surface area contributed by atoms with E-state index in [4.69, 9.17) is 0 Å². The summed E-state index contributed by atoms with van der Waals surface area (Å²) >= 11 is 4.39. The third-order valence-corrected chi connectivity index (χ3v) is 8.14. The second-order valence-electron chi connectivity index (χ2n) is 6.02. The van der Waals surface area contributed by atoms with E-state index in [9.17, 15) is 13.2 Å². The maximum absolute atomic E-state index is 12.5. The Morgan fingerprint density at radius 3 is 2.72 bits per heavy atom. The normalized spacial score (nSPS) is 14.4. The number of rotatable bonds is 5. The number of likely N-dealkylation sites (N-methyl/N-ethyl adjacent to an activating group) is 1. The molecule has 0 spiro atoms. The Bertz CT molecular complexity index is 893. The molecule has 0 unspecified atom stereocenters. The lowest BCUT2D eigenvalue weighted by Crippen LogP contribution is -2.34. The van der Waals surface area contributed by atoms with Crippen molar-refractivity contribution in [3.63, 3.8) is 0 Å². The number of thiophene rings is 1. The monoisotopic (exact) mass is 442 g/mol. The third kappa shape index (κ3) is 4.13. The fourth-order valence-corrected chi connectivity index (χ4v) is 6.31. The molecule has 1 aliphatic rings. The van der Waals surface area contributed by atoms with Gasteiger partial charge in [-0.3, -0.25) is 4.79 Å². The number of aryl methyl sites for hydroxylation is 1. The minimum absolute atomic E-state index is 0.215. The highest BCUT2D eigenvalue weighted by Crippen LogP contribution is 2.29. The summed E-state index contributed by atoms with van der Waals surface area (Å²) in [6, 6.07) is 9.12. The van der Waals surface area contributed by atoms with Crippen molar-refractivity contribution in [2.24, 2.45) is 0 Å². The van der Waals surface area contributed by atoms with E-state index in [0.29, 0.717) is 0 Å². The SMILES string of the molecule is CN(CC(=O)Nc1cccc2c1CCCC2)S(=O)(=O)c1ccc(Br)s1. The molecule has 1 N–H and O–H groups in total. The first-order chi connectivity index (χ1) is 11.9. The number of benzene rings is 1. The van der Waals surface area contributed by atoms with E-state index >= 15 is 0 Å². The third-order valence-electron chi connectivity index (χ3n) is 4.25. The topological polar surface area (TPSA) is 66.5 Å². The minimum atomic E-state index is -3.66. The van der Waals surface area contributed by atoms with E-state index in [0.717, 1.165) is 44.4 Å². The highest BCUT2D eigenvalue weighted by atomic mass is 79.9. The number of fused-ring (bicyclic) bond motifs is 1. The molecule has 0 saturated carbocycles. The zero-order chi connectivity index (χ0) is 18.0. The van der Waals surface area contributed by atoms with Gasteiger partial charge in [-0.2, -0.15) is 4.31 Å². The Morgan fingerprint density at radius 1 is 1.24 bits per heavy atom. The summed E-state index contributed by atoms with van der Waals surface area (Å²) in [6.07, 6.45) is 4.26. The maximum Gasteiger partial charge on any atom is 0.252 e. The van der Waals surface area contributed by atoms with Gasteiger partial charge in [-0.25, -0.2) is 8.42 Å². The van der Waals surface area contributed by atoms with Gasteiger partial charge in [-0.05, 0) is 70.9 Å². The van der Waals surface area contributed by atoms with Crippen molar-refractivity contribution >= 4 is 48.9 Å². The Morgan fingerprint density at radius 2 is 2.00 bits per heavy atom.